The molecule has 1 fully saturated rings. The summed E-state index contributed by atoms with van der Waals surface area (Å²) in [7, 11) is -2.15. The number of nitrogens with zero attached hydrogens (tertiary/aromatic N) is 2. The van der Waals surface area contributed by atoms with Crippen molar-refractivity contribution in [2.24, 2.45) is 0 Å². The number of sulfonamides is 1. The highest BCUT2D eigenvalue weighted by molar-refractivity contribution is 7.89. The molecule has 0 spiro atoms. The van der Waals surface area contributed by atoms with Crippen molar-refractivity contribution >= 4 is 27.5 Å². The predicted octanol–water partition coefficient (Wildman–Crippen LogP) is 5.10. The summed E-state index contributed by atoms with van der Waals surface area (Å²) in [6, 6.07) is 19.2. The van der Waals surface area contributed by atoms with Crippen LogP contribution in [-0.4, -0.2) is 36.6 Å². The van der Waals surface area contributed by atoms with E-state index in [2.05, 4.69) is 0 Å². The first-order valence-electron chi connectivity index (χ1n) is 10.6. The Bertz CT molecular complexity index is 1240. The van der Waals surface area contributed by atoms with E-state index in [4.69, 9.17) is 11.6 Å². The maximum Gasteiger partial charge on any atom is 0.253 e. The summed E-state index contributed by atoms with van der Waals surface area (Å²) in [5, 5.41) is 0.422. The second-order valence-corrected chi connectivity index (χ2v) is 10.5. The van der Waals surface area contributed by atoms with Gasteiger partial charge in [0, 0.05) is 42.3 Å². The summed E-state index contributed by atoms with van der Waals surface area (Å²) in [4.78, 5) is 14.4. The van der Waals surface area contributed by atoms with Gasteiger partial charge in [-0.1, -0.05) is 41.9 Å². The van der Waals surface area contributed by atoms with Crippen LogP contribution in [0.1, 0.15) is 34.3 Å². The minimum absolute atomic E-state index is 0.0201. The molecule has 1 amide bonds. The second-order valence-electron chi connectivity index (χ2n) is 8.16. The Kier molecular flexibility index (Phi) is 6.83. The number of rotatable bonds is 8. The van der Waals surface area contributed by atoms with Gasteiger partial charge in [0.25, 0.3) is 5.91 Å². The topological polar surface area (TPSA) is 57.7 Å². The Labute approximate surface area is 198 Å². The minimum atomic E-state index is -3.94. The first kappa shape index (κ1) is 23.4. The summed E-state index contributed by atoms with van der Waals surface area (Å²) < 4.78 is 42.4. The third-order valence-electron chi connectivity index (χ3n) is 5.73. The summed E-state index contributed by atoms with van der Waals surface area (Å²) in [5.74, 6) is -0.529. The Hall–Kier alpha value is -2.74. The molecule has 3 aromatic carbocycles. The van der Waals surface area contributed by atoms with Gasteiger partial charge in [-0.2, -0.15) is 4.31 Å². The van der Waals surface area contributed by atoms with E-state index in [1.165, 1.54) is 34.6 Å². The molecular formula is C25H24ClFN2O3S. The fourth-order valence-electron chi connectivity index (χ4n) is 3.59. The second kappa shape index (κ2) is 9.63. The SMILES string of the molecule is CN(C(=O)c1ccc(CN(Cc2ccccc2F)S(=O)(=O)c2ccc(Cl)cc2)cc1)C1CC1. The fourth-order valence-corrected chi connectivity index (χ4v) is 5.12. The van der Waals surface area contributed by atoms with E-state index in [0.717, 1.165) is 12.8 Å². The minimum Gasteiger partial charge on any atom is -0.339 e. The van der Waals surface area contributed by atoms with E-state index in [-0.39, 0.29) is 29.5 Å². The average molecular weight is 487 g/mol. The number of hydrogen-bond acceptors (Lipinski definition) is 3. The molecule has 1 saturated carbocycles. The molecule has 0 heterocycles. The van der Waals surface area contributed by atoms with Crippen LogP contribution in [0.2, 0.25) is 5.02 Å². The smallest absolute Gasteiger partial charge is 0.253 e. The predicted molar refractivity (Wildman–Crippen MR) is 126 cm³/mol. The van der Waals surface area contributed by atoms with Crippen LogP contribution in [0.3, 0.4) is 0 Å². The highest BCUT2D eigenvalue weighted by Crippen LogP contribution is 2.27. The molecule has 0 atom stereocenters. The Morgan fingerprint density at radius 1 is 0.970 bits per heavy atom. The van der Waals surface area contributed by atoms with Crippen molar-refractivity contribution in [3.05, 3.63) is 100 Å². The van der Waals surface area contributed by atoms with Crippen LogP contribution >= 0.6 is 11.6 Å². The summed E-state index contributed by atoms with van der Waals surface area (Å²) in [5.41, 5.74) is 1.51. The van der Waals surface area contributed by atoms with Crippen molar-refractivity contribution < 1.29 is 17.6 Å². The lowest BCUT2D eigenvalue weighted by Gasteiger charge is -2.23. The van der Waals surface area contributed by atoms with Gasteiger partial charge in [0.15, 0.2) is 0 Å². The first-order chi connectivity index (χ1) is 15.8. The molecule has 1 aliphatic rings. The van der Waals surface area contributed by atoms with E-state index >= 15 is 0 Å². The Morgan fingerprint density at radius 3 is 2.21 bits per heavy atom. The maximum absolute atomic E-state index is 14.3. The Balaban J connectivity index is 1.61. The number of halogens is 2. The van der Waals surface area contributed by atoms with Gasteiger partial charge in [0.1, 0.15) is 5.82 Å². The number of carbonyl (C=O) groups is 1. The molecule has 3 aromatic rings. The standard InChI is InChI=1S/C25H24ClFN2O3S/c1-28(22-12-13-22)25(30)19-8-6-18(7-9-19)16-29(17-20-4-2-3-5-24(20)27)33(31,32)23-14-10-21(26)11-15-23/h2-11,14-15,22H,12-13,16-17H2,1H3. The van der Waals surface area contributed by atoms with Gasteiger partial charge in [-0.3, -0.25) is 4.79 Å². The fraction of sp³-hybridized carbons (Fsp3) is 0.240. The van der Waals surface area contributed by atoms with Crippen LogP contribution in [0.15, 0.2) is 77.7 Å². The highest BCUT2D eigenvalue weighted by atomic mass is 35.5. The molecule has 8 heteroatoms. The van der Waals surface area contributed by atoms with Gasteiger partial charge in [0.2, 0.25) is 10.0 Å². The molecule has 172 valence electrons. The maximum atomic E-state index is 14.3. The molecule has 4 rings (SSSR count). The summed E-state index contributed by atoms with van der Waals surface area (Å²) in [6.45, 7) is -0.116. The van der Waals surface area contributed by atoms with Crippen LogP contribution in [0.4, 0.5) is 4.39 Å². The van der Waals surface area contributed by atoms with Gasteiger partial charge in [-0.05, 0) is 60.9 Å². The highest BCUT2D eigenvalue weighted by Gasteiger charge is 2.30. The largest absolute Gasteiger partial charge is 0.339 e. The summed E-state index contributed by atoms with van der Waals surface area (Å²) in [6.07, 6.45) is 2.04. The van der Waals surface area contributed by atoms with Gasteiger partial charge in [0.05, 0.1) is 4.90 Å². The zero-order valence-corrected chi connectivity index (χ0v) is 19.7. The average Bonchev–Trinajstić information content (AvgIpc) is 3.65. The van der Waals surface area contributed by atoms with Crippen LogP contribution in [-0.2, 0) is 23.1 Å². The van der Waals surface area contributed by atoms with E-state index in [1.54, 1.807) is 54.4 Å². The van der Waals surface area contributed by atoms with Crippen molar-refractivity contribution in [1.29, 1.82) is 0 Å². The molecule has 0 unspecified atom stereocenters. The summed E-state index contributed by atoms with van der Waals surface area (Å²) >= 11 is 5.92. The zero-order chi connectivity index (χ0) is 23.6. The van der Waals surface area contributed by atoms with E-state index in [0.29, 0.717) is 22.2 Å². The van der Waals surface area contributed by atoms with Gasteiger partial charge in [-0.25, -0.2) is 12.8 Å². The van der Waals surface area contributed by atoms with Gasteiger partial charge < -0.3 is 4.90 Å². The van der Waals surface area contributed by atoms with Gasteiger partial charge >= 0.3 is 0 Å². The molecule has 1 aliphatic carbocycles. The molecule has 0 aromatic heterocycles. The van der Waals surface area contributed by atoms with Crippen molar-refractivity contribution in [2.45, 2.75) is 36.9 Å². The number of amides is 1. The van der Waals surface area contributed by atoms with Gasteiger partial charge in [-0.15, -0.1) is 0 Å². The molecule has 0 bridgehead atoms. The van der Waals surface area contributed by atoms with Crippen LogP contribution in [0, 0.1) is 5.82 Å². The van der Waals surface area contributed by atoms with Crippen LogP contribution in [0.25, 0.3) is 0 Å². The lowest BCUT2D eigenvalue weighted by atomic mass is 10.1. The normalized spacial score (nSPS) is 13.8. The molecule has 0 radical (unpaired) electrons. The molecule has 0 saturated heterocycles. The van der Waals surface area contributed by atoms with E-state index in [9.17, 15) is 17.6 Å². The van der Waals surface area contributed by atoms with Crippen molar-refractivity contribution in [2.75, 3.05) is 7.05 Å². The number of carbonyl (C=O) groups excluding carboxylic acids is 1. The quantitative estimate of drug-likeness (QED) is 0.445. The zero-order valence-electron chi connectivity index (χ0n) is 18.1. The van der Waals surface area contributed by atoms with Crippen molar-refractivity contribution in [3.8, 4) is 0 Å². The van der Waals surface area contributed by atoms with Crippen molar-refractivity contribution in [3.63, 3.8) is 0 Å². The molecule has 0 aliphatic heterocycles. The molecule has 5 nitrogen and oxygen atoms in total. The van der Waals surface area contributed by atoms with E-state index < -0.39 is 15.8 Å². The molecule has 0 N–H and O–H groups in total. The number of hydrogen-bond donors (Lipinski definition) is 0. The van der Waals surface area contributed by atoms with Crippen LogP contribution in [0.5, 0.6) is 0 Å². The third-order valence-corrected chi connectivity index (χ3v) is 7.79. The lowest BCUT2D eigenvalue weighted by Crippen LogP contribution is -2.31. The van der Waals surface area contributed by atoms with Crippen molar-refractivity contribution in [1.82, 2.24) is 9.21 Å². The Morgan fingerprint density at radius 2 is 1.61 bits per heavy atom. The monoisotopic (exact) mass is 486 g/mol. The first-order valence-corrected chi connectivity index (χ1v) is 12.4. The third kappa shape index (κ3) is 5.43. The lowest BCUT2D eigenvalue weighted by molar-refractivity contribution is 0.0785. The molecular weight excluding hydrogens is 463 g/mol. The van der Waals surface area contributed by atoms with Crippen LogP contribution < -0.4 is 0 Å². The number of benzene rings is 3. The van der Waals surface area contributed by atoms with E-state index in [1.807, 2.05) is 0 Å². The molecule has 33 heavy (non-hydrogen) atoms.